The predicted molar refractivity (Wildman–Crippen MR) is 120 cm³/mol. The third-order valence-corrected chi connectivity index (χ3v) is 7.75. The van der Waals surface area contributed by atoms with E-state index >= 15 is 0 Å². The van der Waals surface area contributed by atoms with Crippen LogP contribution >= 0.6 is 0 Å². The first-order chi connectivity index (χ1) is 15.0. The Hall–Kier alpha value is -2.69. The van der Waals surface area contributed by atoms with Gasteiger partial charge < -0.3 is 19.5 Å². The quantitative estimate of drug-likeness (QED) is 0.675. The van der Waals surface area contributed by atoms with Gasteiger partial charge in [0.15, 0.2) is 0 Å². The molecule has 0 atom stereocenters. The highest BCUT2D eigenvalue weighted by Gasteiger charge is 2.51. The molecular formula is C26H31NO4. The van der Waals surface area contributed by atoms with Crippen LogP contribution in [0.3, 0.4) is 0 Å². The maximum Gasteiger partial charge on any atom is 0.259 e. The minimum absolute atomic E-state index is 0.222. The second-order valence-corrected chi connectivity index (χ2v) is 9.63. The molecule has 4 bridgehead atoms. The summed E-state index contributed by atoms with van der Waals surface area (Å²) in [5, 5.41) is 2.96. The maximum atomic E-state index is 13.1. The van der Waals surface area contributed by atoms with Gasteiger partial charge in [0, 0.05) is 6.07 Å². The van der Waals surface area contributed by atoms with Crippen LogP contribution in [0.4, 0.5) is 5.69 Å². The van der Waals surface area contributed by atoms with Crippen molar-refractivity contribution in [2.75, 3.05) is 26.6 Å². The van der Waals surface area contributed by atoms with Crippen LogP contribution in [0, 0.1) is 17.8 Å². The fraction of sp³-hybridized carbons (Fsp3) is 0.500. The van der Waals surface area contributed by atoms with Gasteiger partial charge in [-0.2, -0.15) is 0 Å². The minimum atomic E-state index is -0.222. The summed E-state index contributed by atoms with van der Waals surface area (Å²) in [4.78, 5) is 13.1. The van der Waals surface area contributed by atoms with Gasteiger partial charge in [0.2, 0.25) is 0 Å². The number of rotatable bonds is 6. The highest BCUT2D eigenvalue weighted by Crippen LogP contribution is 2.61. The maximum absolute atomic E-state index is 13.1. The summed E-state index contributed by atoms with van der Waals surface area (Å²) in [5.74, 6) is 4.27. The lowest BCUT2D eigenvalue weighted by Gasteiger charge is -2.57. The SMILES string of the molecule is COc1ccc(OC)c(NC(=O)c2ccc(C34CC5CC(CC(C5)C3)C4)cc2OC)c1. The van der Waals surface area contributed by atoms with Gasteiger partial charge in [-0.05, 0) is 91.5 Å². The van der Waals surface area contributed by atoms with E-state index in [-0.39, 0.29) is 11.3 Å². The lowest BCUT2D eigenvalue weighted by molar-refractivity contribution is -0.00527. The molecule has 0 saturated heterocycles. The number of amides is 1. The van der Waals surface area contributed by atoms with Crippen molar-refractivity contribution in [3.05, 3.63) is 47.5 Å². The number of carbonyl (C=O) groups excluding carboxylic acids is 1. The highest BCUT2D eigenvalue weighted by atomic mass is 16.5. The first-order valence-electron chi connectivity index (χ1n) is 11.3. The predicted octanol–water partition coefficient (Wildman–Crippen LogP) is 5.43. The number of hydrogen-bond donors (Lipinski definition) is 1. The summed E-state index contributed by atoms with van der Waals surface area (Å²) in [6, 6.07) is 11.5. The molecule has 0 heterocycles. The number of nitrogens with one attached hydrogen (secondary N) is 1. The van der Waals surface area contributed by atoms with Crippen molar-refractivity contribution in [1.29, 1.82) is 0 Å². The van der Waals surface area contributed by atoms with E-state index in [1.165, 1.54) is 44.1 Å². The Morgan fingerprint density at radius 1 is 0.839 bits per heavy atom. The number of carbonyl (C=O) groups is 1. The molecule has 1 amide bonds. The molecule has 1 N–H and O–H groups in total. The van der Waals surface area contributed by atoms with Crippen LogP contribution in [0.15, 0.2) is 36.4 Å². The van der Waals surface area contributed by atoms with E-state index in [1.54, 1.807) is 39.5 Å². The Morgan fingerprint density at radius 3 is 2.06 bits per heavy atom. The zero-order valence-corrected chi connectivity index (χ0v) is 18.6. The molecule has 0 aliphatic heterocycles. The van der Waals surface area contributed by atoms with Crippen LogP contribution < -0.4 is 19.5 Å². The van der Waals surface area contributed by atoms with E-state index in [0.717, 1.165) is 17.8 Å². The van der Waals surface area contributed by atoms with E-state index in [2.05, 4.69) is 17.4 Å². The third-order valence-electron chi connectivity index (χ3n) is 7.75. The van der Waals surface area contributed by atoms with Crippen LogP contribution in [0.2, 0.25) is 0 Å². The van der Waals surface area contributed by atoms with Crippen molar-refractivity contribution in [2.24, 2.45) is 17.8 Å². The average Bonchev–Trinajstić information content (AvgIpc) is 2.77. The van der Waals surface area contributed by atoms with Gasteiger partial charge in [-0.15, -0.1) is 0 Å². The summed E-state index contributed by atoms with van der Waals surface area (Å²) in [5.41, 5.74) is 2.71. The largest absolute Gasteiger partial charge is 0.497 e. The van der Waals surface area contributed by atoms with Crippen molar-refractivity contribution in [3.63, 3.8) is 0 Å². The van der Waals surface area contributed by atoms with Crippen LogP contribution in [0.25, 0.3) is 0 Å². The van der Waals surface area contributed by atoms with Gasteiger partial charge in [0.25, 0.3) is 5.91 Å². The Kier molecular flexibility index (Phi) is 5.07. The third kappa shape index (κ3) is 3.54. The van der Waals surface area contributed by atoms with Gasteiger partial charge in [-0.1, -0.05) is 6.07 Å². The van der Waals surface area contributed by atoms with Gasteiger partial charge in [0.1, 0.15) is 17.2 Å². The molecule has 6 rings (SSSR count). The molecule has 31 heavy (non-hydrogen) atoms. The molecule has 164 valence electrons. The molecule has 2 aromatic rings. The van der Waals surface area contributed by atoms with Crippen molar-refractivity contribution in [3.8, 4) is 17.2 Å². The molecule has 4 aliphatic carbocycles. The molecule has 4 fully saturated rings. The molecule has 0 unspecified atom stereocenters. The Bertz CT molecular complexity index is 964. The number of methoxy groups -OCH3 is 3. The van der Waals surface area contributed by atoms with E-state index < -0.39 is 0 Å². The average molecular weight is 422 g/mol. The Balaban J connectivity index is 1.43. The van der Waals surface area contributed by atoms with Gasteiger partial charge in [-0.3, -0.25) is 4.79 Å². The van der Waals surface area contributed by atoms with E-state index in [1.807, 2.05) is 6.07 Å². The first kappa shape index (κ1) is 20.2. The van der Waals surface area contributed by atoms with Crippen LogP contribution in [-0.4, -0.2) is 27.2 Å². The number of ether oxygens (including phenoxy) is 3. The topological polar surface area (TPSA) is 56.8 Å². The summed E-state index contributed by atoms with van der Waals surface area (Å²) in [6.45, 7) is 0. The molecule has 5 heteroatoms. The normalized spacial score (nSPS) is 28.3. The smallest absolute Gasteiger partial charge is 0.259 e. The molecule has 4 aliphatic rings. The Morgan fingerprint density at radius 2 is 1.48 bits per heavy atom. The van der Waals surface area contributed by atoms with Crippen molar-refractivity contribution in [1.82, 2.24) is 0 Å². The van der Waals surface area contributed by atoms with Crippen molar-refractivity contribution >= 4 is 11.6 Å². The zero-order chi connectivity index (χ0) is 21.6. The van der Waals surface area contributed by atoms with Crippen molar-refractivity contribution < 1.29 is 19.0 Å². The van der Waals surface area contributed by atoms with Crippen molar-refractivity contribution in [2.45, 2.75) is 43.9 Å². The van der Waals surface area contributed by atoms with E-state index in [9.17, 15) is 4.79 Å². The summed E-state index contributed by atoms with van der Waals surface area (Å²) < 4.78 is 16.4. The molecule has 0 radical (unpaired) electrons. The summed E-state index contributed by atoms with van der Waals surface area (Å²) in [7, 11) is 4.82. The number of benzene rings is 2. The van der Waals surface area contributed by atoms with Crippen LogP contribution in [0.5, 0.6) is 17.2 Å². The first-order valence-corrected chi connectivity index (χ1v) is 11.3. The van der Waals surface area contributed by atoms with Crippen LogP contribution in [0.1, 0.15) is 54.4 Å². The van der Waals surface area contributed by atoms with Gasteiger partial charge >= 0.3 is 0 Å². The Labute approximate surface area is 184 Å². The minimum Gasteiger partial charge on any atom is -0.497 e. The number of anilines is 1. The lowest BCUT2D eigenvalue weighted by Crippen LogP contribution is -2.48. The van der Waals surface area contributed by atoms with Gasteiger partial charge in [0.05, 0.1) is 32.6 Å². The molecule has 0 spiro atoms. The summed E-state index contributed by atoms with van der Waals surface area (Å²) in [6.07, 6.45) is 8.11. The standard InChI is InChI=1S/C26H31NO4/c1-29-20-5-7-23(30-2)22(12-20)27-25(28)21-6-4-19(11-24(21)31-3)26-13-16-8-17(14-26)10-18(9-16)15-26/h4-7,11-12,16-18H,8-10,13-15H2,1-3H3,(H,27,28). The lowest BCUT2D eigenvalue weighted by atomic mass is 9.48. The zero-order valence-electron chi connectivity index (χ0n) is 18.6. The molecular weight excluding hydrogens is 390 g/mol. The van der Waals surface area contributed by atoms with E-state index in [0.29, 0.717) is 28.5 Å². The highest BCUT2D eigenvalue weighted by molar-refractivity contribution is 6.07. The molecule has 2 aromatic carbocycles. The van der Waals surface area contributed by atoms with E-state index in [4.69, 9.17) is 14.2 Å². The fourth-order valence-corrected chi connectivity index (χ4v) is 6.77. The monoisotopic (exact) mass is 421 g/mol. The molecule has 0 aromatic heterocycles. The molecule has 5 nitrogen and oxygen atoms in total. The summed E-state index contributed by atoms with van der Waals surface area (Å²) >= 11 is 0. The fourth-order valence-electron chi connectivity index (χ4n) is 6.77. The molecule has 4 saturated carbocycles. The second-order valence-electron chi connectivity index (χ2n) is 9.63. The second kappa shape index (κ2) is 7.77. The van der Waals surface area contributed by atoms with Crippen LogP contribution in [-0.2, 0) is 5.41 Å². The number of hydrogen-bond acceptors (Lipinski definition) is 4. The van der Waals surface area contributed by atoms with Gasteiger partial charge in [-0.25, -0.2) is 0 Å².